The number of aromatic nitrogens is 2. The van der Waals surface area contributed by atoms with Crippen LogP contribution in [0.2, 0.25) is 0 Å². The molecule has 0 fully saturated rings. The number of ether oxygens (including phenoxy) is 1. The fourth-order valence-electron chi connectivity index (χ4n) is 3.53. The molecule has 3 N–H and O–H groups in total. The Morgan fingerprint density at radius 1 is 0.909 bits per heavy atom. The monoisotopic (exact) mass is 440 g/mol. The van der Waals surface area contributed by atoms with Gasteiger partial charge in [-0.1, -0.05) is 18.2 Å². The first kappa shape index (κ1) is 21.8. The van der Waals surface area contributed by atoms with Crippen LogP contribution in [0.4, 0.5) is 0 Å². The molecule has 166 valence electrons. The van der Waals surface area contributed by atoms with E-state index in [0.717, 1.165) is 16.9 Å². The first-order valence-corrected chi connectivity index (χ1v) is 10.5. The lowest BCUT2D eigenvalue weighted by molar-refractivity contribution is 0.0938. The third-order valence-electron chi connectivity index (χ3n) is 5.35. The molecule has 4 rings (SSSR count). The van der Waals surface area contributed by atoms with Crippen molar-refractivity contribution in [2.45, 2.75) is 19.9 Å². The zero-order chi connectivity index (χ0) is 23.4. The molecule has 4 aromatic rings. The minimum absolute atomic E-state index is 0.188. The van der Waals surface area contributed by atoms with E-state index in [0.29, 0.717) is 22.6 Å². The second-order valence-electron chi connectivity index (χ2n) is 7.64. The van der Waals surface area contributed by atoms with Gasteiger partial charge in [-0.05, 0) is 74.5 Å². The number of benzene rings is 3. The molecule has 0 aliphatic carbocycles. The molecule has 0 spiro atoms. The highest BCUT2D eigenvalue weighted by molar-refractivity contribution is 5.94. The summed E-state index contributed by atoms with van der Waals surface area (Å²) in [6, 6.07) is 23.0. The van der Waals surface area contributed by atoms with Crippen LogP contribution >= 0.6 is 0 Å². The summed E-state index contributed by atoms with van der Waals surface area (Å²) >= 11 is 0. The van der Waals surface area contributed by atoms with Crippen LogP contribution in [0.5, 0.6) is 11.5 Å². The summed E-state index contributed by atoms with van der Waals surface area (Å²) in [4.78, 5) is 23.9. The Morgan fingerprint density at radius 2 is 1.48 bits per heavy atom. The number of hydrogen-bond donors (Lipinski definition) is 2. The Kier molecular flexibility index (Phi) is 6.22. The quantitative estimate of drug-likeness (QED) is 0.440. The van der Waals surface area contributed by atoms with Gasteiger partial charge in [0.15, 0.2) is 0 Å². The summed E-state index contributed by atoms with van der Waals surface area (Å²) in [5, 5.41) is 7.50. The van der Waals surface area contributed by atoms with Crippen molar-refractivity contribution in [2.24, 2.45) is 5.73 Å². The molecule has 0 saturated heterocycles. The maximum atomic E-state index is 12.8. The Hall–Kier alpha value is -4.39. The summed E-state index contributed by atoms with van der Waals surface area (Å²) in [7, 11) is 0. The first-order chi connectivity index (χ1) is 15.9. The smallest absolute Gasteiger partial charge is 0.251 e. The van der Waals surface area contributed by atoms with E-state index >= 15 is 0 Å². The Balaban J connectivity index is 1.40. The number of para-hydroxylation sites is 1. The molecule has 0 saturated carbocycles. The van der Waals surface area contributed by atoms with Crippen LogP contribution < -0.4 is 15.8 Å². The van der Waals surface area contributed by atoms with E-state index in [2.05, 4.69) is 10.4 Å². The van der Waals surface area contributed by atoms with Gasteiger partial charge in [-0.2, -0.15) is 5.10 Å². The first-order valence-electron chi connectivity index (χ1n) is 10.5. The fourth-order valence-corrected chi connectivity index (χ4v) is 3.53. The summed E-state index contributed by atoms with van der Waals surface area (Å²) in [5.41, 5.74) is 9.07. The number of primary amides is 1. The van der Waals surface area contributed by atoms with Gasteiger partial charge in [-0.15, -0.1) is 0 Å². The van der Waals surface area contributed by atoms with Crippen LogP contribution in [0.25, 0.3) is 5.69 Å². The molecule has 0 aliphatic heterocycles. The number of nitrogens with one attached hydrogen (secondary N) is 1. The van der Waals surface area contributed by atoms with Crippen LogP contribution in [0, 0.1) is 6.92 Å². The van der Waals surface area contributed by atoms with Crippen molar-refractivity contribution in [3.63, 3.8) is 0 Å². The van der Waals surface area contributed by atoms with Crippen LogP contribution in [0.1, 0.15) is 44.9 Å². The third kappa shape index (κ3) is 4.93. The maximum Gasteiger partial charge on any atom is 0.251 e. The molecule has 1 unspecified atom stereocenters. The minimum Gasteiger partial charge on any atom is -0.457 e. The molecule has 7 nitrogen and oxygen atoms in total. The molecular formula is C26H24N4O3. The normalized spacial score (nSPS) is 11.6. The lowest BCUT2D eigenvalue weighted by atomic mass is 10.1. The highest BCUT2D eigenvalue weighted by Gasteiger charge is 2.17. The van der Waals surface area contributed by atoms with Gasteiger partial charge >= 0.3 is 0 Å². The summed E-state index contributed by atoms with van der Waals surface area (Å²) in [6.45, 7) is 3.92. The van der Waals surface area contributed by atoms with E-state index in [-0.39, 0.29) is 11.9 Å². The standard InChI is InChI=1S/C26H24N4O3/c1-17(24-16-28-30(18(24)2)21-6-4-3-5-7-21)29-26(32)20-10-14-23(15-11-20)33-22-12-8-19(9-13-22)25(27)31/h3-17H,1-2H3,(H2,27,31)(H,29,32). The highest BCUT2D eigenvalue weighted by atomic mass is 16.5. The molecule has 33 heavy (non-hydrogen) atoms. The predicted octanol–water partition coefficient (Wildman–Crippen LogP) is 4.56. The molecule has 2 amide bonds. The van der Waals surface area contributed by atoms with Crippen molar-refractivity contribution in [3.05, 3.63) is 107 Å². The van der Waals surface area contributed by atoms with Gasteiger partial charge in [-0.25, -0.2) is 4.68 Å². The lowest BCUT2D eigenvalue weighted by Crippen LogP contribution is -2.26. The van der Waals surface area contributed by atoms with Crippen molar-refractivity contribution in [3.8, 4) is 17.2 Å². The zero-order valence-electron chi connectivity index (χ0n) is 18.4. The maximum absolute atomic E-state index is 12.8. The minimum atomic E-state index is -0.492. The second kappa shape index (κ2) is 9.40. The number of nitrogens with zero attached hydrogens (tertiary/aromatic N) is 2. The van der Waals surface area contributed by atoms with Crippen LogP contribution in [0.3, 0.4) is 0 Å². The zero-order valence-corrected chi connectivity index (χ0v) is 18.4. The van der Waals surface area contributed by atoms with Gasteiger partial charge in [0.25, 0.3) is 5.91 Å². The Labute approximate surface area is 191 Å². The van der Waals surface area contributed by atoms with Crippen molar-refractivity contribution in [1.82, 2.24) is 15.1 Å². The SMILES string of the molecule is Cc1c(C(C)NC(=O)c2ccc(Oc3ccc(C(N)=O)cc3)cc2)cnn1-c1ccccc1. The van der Waals surface area contributed by atoms with Crippen molar-refractivity contribution in [1.29, 1.82) is 0 Å². The van der Waals surface area contributed by atoms with Crippen LogP contribution in [-0.4, -0.2) is 21.6 Å². The van der Waals surface area contributed by atoms with E-state index in [1.807, 2.05) is 48.9 Å². The van der Waals surface area contributed by atoms with Gasteiger partial charge in [0.2, 0.25) is 5.91 Å². The number of rotatable bonds is 7. The molecule has 1 aromatic heterocycles. The molecule has 0 bridgehead atoms. The molecule has 3 aromatic carbocycles. The van der Waals surface area contributed by atoms with E-state index < -0.39 is 5.91 Å². The van der Waals surface area contributed by atoms with E-state index in [1.165, 1.54) is 0 Å². The average Bonchev–Trinajstić information content (AvgIpc) is 3.22. The average molecular weight is 441 g/mol. The lowest BCUT2D eigenvalue weighted by Gasteiger charge is -2.14. The second-order valence-corrected chi connectivity index (χ2v) is 7.64. The summed E-state index contributed by atoms with van der Waals surface area (Å²) in [5.74, 6) is 0.462. The van der Waals surface area contributed by atoms with E-state index in [4.69, 9.17) is 10.5 Å². The van der Waals surface area contributed by atoms with Gasteiger partial charge in [0.05, 0.1) is 17.9 Å². The van der Waals surface area contributed by atoms with Gasteiger partial charge in [0, 0.05) is 22.4 Å². The van der Waals surface area contributed by atoms with Gasteiger partial charge in [-0.3, -0.25) is 9.59 Å². The molecule has 0 aliphatic rings. The van der Waals surface area contributed by atoms with Crippen LogP contribution in [0.15, 0.2) is 85.1 Å². The summed E-state index contributed by atoms with van der Waals surface area (Å²) < 4.78 is 7.63. The van der Waals surface area contributed by atoms with Gasteiger partial charge < -0.3 is 15.8 Å². The topological polar surface area (TPSA) is 99.2 Å². The van der Waals surface area contributed by atoms with Gasteiger partial charge in [0.1, 0.15) is 11.5 Å². The fraction of sp³-hybridized carbons (Fsp3) is 0.115. The molecular weight excluding hydrogens is 416 g/mol. The van der Waals surface area contributed by atoms with Crippen molar-refractivity contribution >= 4 is 11.8 Å². The number of carbonyl (C=O) groups is 2. The Bertz CT molecular complexity index is 1260. The number of carbonyl (C=O) groups excluding carboxylic acids is 2. The largest absolute Gasteiger partial charge is 0.457 e. The molecule has 1 atom stereocenters. The van der Waals surface area contributed by atoms with Crippen LogP contribution in [-0.2, 0) is 0 Å². The molecule has 1 heterocycles. The molecule has 7 heteroatoms. The molecule has 0 radical (unpaired) electrons. The number of hydrogen-bond acceptors (Lipinski definition) is 4. The van der Waals surface area contributed by atoms with E-state index in [1.54, 1.807) is 54.7 Å². The Morgan fingerprint density at radius 3 is 2.06 bits per heavy atom. The third-order valence-corrected chi connectivity index (χ3v) is 5.35. The van der Waals surface area contributed by atoms with Crippen molar-refractivity contribution in [2.75, 3.05) is 0 Å². The van der Waals surface area contributed by atoms with Crippen molar-refractivity contribution < 1.29 is 14.3 Å². The van der Waals surface area contributed by atoms with E-state index in [9.17, 15) is 9.59 Å². The highest BCUT2D eigenvalue weighted by Crippen LogP contribution is 2.23. The predicted molar refractivity (Wildman–Crippen MR) is 126 cm³/mol. The number of amides is 2. The summed E-state index contributed by atoms with van der Waals surface area (Å²) in [6.07, 6.45) is 1.79. The number of nitrogens with two attached hydrogens (primary N) is 1.